The SMILES string of the molecule is CCc1nc(CN2CCC(CNC(=NC)NCCc3ccc(OC)cc3)CC2)cs1. The molecule has 0 spiro atoms. The molecule has 2 N–H and O–H groups in total. The van der Waals surface area contributed by atoms with Crippen LogP contribution < -0.4 is 15.4 Å². The Balaban J connectivity index is 1.32. The van der Waals surface area contributed by atoms with Gasteiger partial charge in [0.1, 0.15) is 5.75 Å². The normalized spacial score (nSPS) is 15.9. The van der Waals surface area contributed by atoms with E-state index in [0.29, 0.717) is 5.92 Å². The van der Waals surface area contributed by atoms with E-state index in [2.05, 4.69) is 45.0 Å². The molecular weight excluding hydrogens is 394 g/mol. The standard InChI is InChI=1S/C23H35N5OS/c1-4-22-27-20(17-30-22)16-28-13-10-19(11-14-28)15-26-23(24-2)25-12-9-18-5-7-21(29-3)8-6-18/h5-8,17,19H,4,9-16H2,1-3H3,(H2,24,25,26). The molecule has 2 aromatic rings. The second-order valence-electron chi connectivity index (χ2n) is 7.78. The van der Waals surface area contributed by atoms with E-state index in [-0.39, 0.29) is 0 Å². The Morgan fingerprint density at radius 2 is 2.00 bits per heavy atom. The van der Waals surface area contributed by atoms with E-state index < -0.39 is 0 Å². The lowest BCUT2D eigenvalue weighted by Gasteiger charge is -2.31. The Hall–Kier alpha value is -2.12. The number of hydrogen-bond acceptors (Lipinski definition) is 5. The van der Waals surface area contributed by atoms with Crippen molar-refractivity contribution in [1.82, 2.24) is 20.5 Å². The Bertz CT molecular complexity index is 781. The van der Waals surface area contributed by atoms with Crippen molar-refractivity contribution in [2.45, 2.75) is 39.2 Å². The van der Waals surface area contributed by atoms with Crippen LogP contribution in [0, 0.1) is 5.92 Å². The number of benzene rings is 1. The van der Waals surface area contributed by atoms with Gasteiger partial charge in [-0.25, -0.2) is 4.98 Å². The summed E-state index contributed by atoms with van der Waals surface area (Å²) in [6.07, 6.45) is 4.44. The van der Waals surface area contributed by atoms with E-state index in [1.165, 1.54) is 29.1 Å². The van der Waals surface area contributed by atoms with Crippen LogP contribution in [0.5, 0.6) is 5.75 Å². The van der Waals surface area contributed by atoms with E-state index >= 15 is 0 Å². The molecule has 1 aromatic carbocycles. The summed E-state index contributed by atoms with van der Waals surface area (Å²) >= 11 is 1.79. The molecule has 1 aromatic heterocycles. The molecule has 0 radical (unpaired) electrons. The smallest absolute Gasteiger partial charge is 0.190 e. The average molecular weight is 430 g/mol. The second-order valence-corrected chi connectivity index (χ2v) is 8.73. The van der Waals surface area contributed by atoms with Crippen LogP contribution in [0.1, 0.15) is 36.0 Å². The number of rotatable bonds is 9. The fourth-order valence-electron chi connectivity index (χ4n) is 3.74. The van der Waals surface area contributed by atoms with Crippen molar-refractivity contribution < 1.29 is 4.74 Å². The summed E-state index contributed by atoms with van der Waals surface area (Å²) in [7, 11) is 3.53. The number of piperidine rings is 1. The van der Waals surface area contributed by atoms with Gasteiger partial charge in [-0.2, -0.15) is 0 Å². The number of aryl methyl sites for hydroxylation is 1. The Morgan fingerprint density at radius 1 is 1.23 bits per heavy atom. The Kier molecular flexibility index (Phi) is 8.96. The van der Waals surface area contributed by atoms with Crippen molar-refractivity contribution in [3.63, 3.8) is 0 Å². The monoisotopic (exact) mass is 429 g/mol. The summed E-state index contributed by atoms with van der Waals surface area (Å²) < 4.78 is 5.21. The Morgan fingerprint density at radius 3 is 2.63 bits per heavy atom. The lowest BCUT2D eigenvalue weighted by Crippen LogP contribution is -2.43. The molecule has 3 rings (SSSR count). The van der Waals surface area contributed by atoms with Gasteiger partial charge >= 0.3 is 0 Å². The molecule has 0 amide bonds. The van der Waals surface area contributed by atoms with Crippen LogP contribution in [0.3, 0.4) is 0 Å². The van der Waals surface area contributed by atoms with E-state index in [4.69, 9.17) is 9.72 Å². The Labute approximate surface area is 184 Å². The predicted octanol–water partition coefficient (Wildman–Crippen LogP) is 3.33. The first-order valence-electron chi connectivity index (χ1n) is 10.9. The molecule has 30 heavy (non-hydrogen) atoms. The maximum atomic E-state index is 5.21. The van der Waals surface area contributed by atoms with Gasteiger partial charge in [0.15, 0.2) is 5.96 Å². The molecule has 1 saturated heterocycles. The lowest BCUT2D eigenvalue weighted by atomic mass is 9.97. The van der Waals surface area contributed by atoms with Crippen molar-refractivity contribution in [3.05, 3.63) is 45.9 Å². The largest absolute Gasteiger partial charge is 0.497 e. The van der Waals surface area contributed by atoms with E-state index in [9.17, 15) is 0 Å². The first-order valence-corrected chi connectivity index (χ1v) is 11.8. The van der Waals surface area contributed by atoms with Gasteiger partial charge in [0.2, 0.25) is 0 Å². The number of ether oxygens (including phenoxy) is 1. The van der Waals surface area contributed by atoms with Crippen LogP contribution in [0.4, 0.5) is 0 Å². The topological polar surface area (TPSA) is 61.8 Å². The van der Waals surface area contributed by atoms with E-state index in [1.54, 1.807) is 18.4 Å². The lowest BCUT2D eigenvalue weighted by molar-refractivity contribution is 0.176. The highest BCUT2D eigenvalue weighted by atomic mass is 32.1. The number of guanidine groups is 1. The van der Waals surface area contributed by atoms with Crippen LogP contribution in [0.15, 0.2) is 34.6 Å². The number of thiazole rings is 1. The van der Waals surface area contributed by atoms with Gasteiger partial charge in [-0.1, -0.05) is 19.1 Å². The van der Waals surface area contributed by atoms with Crippen LogP contribution in [-0.2, 0) is 19.4 Å². The van der Waals surface area contributed by atoms with Crippen molar-refractivity contribution in [2.75, 3.05) is 40.3 Å². The van der Waals surface area contributed by atoms with Gasteiger partial charge in [0.25, 0.3) is 0 Å². The first-order chi connectivity index (χ1) is 14.7. The molecule has 2 heterocycles. The van der Waals surface area contributed by atoms with Gasteiger partial charge < -0.3 is 15.4 Å². The predicted molar refractivity (Wildman–Crippen MR) is 126 cm³/mol. The molecular formula is C23H35N5OS. The summed E-state index contributed by atoms with van der Waals surface area (Å²) in [5.74, 6) is 2.48. The highest BCUT2D eigenvalue weighted by Gasteiger charge is 2.20. The zero-order chi connectivity index (χ0) is 21.2. The molecule has 1 fully saturated rings. The van der Waals surface area contributed by atoms with Crippen LogP contribution in [0.25, 0.3) is 0 Å². The summed E-state index contributed by atoms with van der Waals surface area (Å²) in [6.45, 7) is 7.29. The summed E-state index contributed by atoms with van der Waals surface area (Å²) in [5.41, 5.74) is 2.52. The second kappa shape index (κ2) is 11.9. The fourth-order valence-corrected chi connectivity index (χ4v) is 4.48. The first kappa shape index (κ1) is 22.6. The zero-order valence-corrected chi connectivity index (χ0v) is 19.3. The highest BCUT2D eigenvalue weighted by Crippen LogP contribution is 2.19. The van der Waals surface area contributed by atoms with Crippen molar-refractivity contribution in [2.24, 2.45) is 10.9 Å². The third kappa shape index (κ3) is 6.99. The third-order valence-corrected chi connectivity index (χ3v) is 6.68. The summed E-state index contributed by atoms with van der Waals surface area (Å²) in [4.78, 5) is 11.6. The molecule has 7 heteroatoms. The molecule has 0 aliphatic carbocycles. The van der Waals surface area contributed by atoms with Crippen molar-refractivity contribution in [3.8, 4) is 5.75 Å². The number of methoxy groups -OCH3 is 1. The molecule has 164 valence electrons. The summed E-state index contributed by atoms with van der Waals surface area (Å²) in [6, 6.07) is 8.23. The number of aliphatic imine (C=N–C) groups is 1. The molecule has 0 atom stereocenters. The number of aromatic nitrogens is 1. The maximum Gasteiger partial charge on any atom is 0.190 e. The minimum Gasteiger partial charge on any atom is -0.497 e. The van der Waals surface area contributed by atoms with Crippen LogP contribution >= 0.6 is 11.3 Å². The quantitative estimate of drug-likeness (QED) is 0.473. The number of nitrogens with zero attached hydrogens (tertiary/aromatic N) is 3. The van der Waals surface area contributed by atoms with Gasteiger partial charge in [-0.05, 0) is 62.4 Å². The highest BCUT2D eigenvalue weighted by molar-refractivity contribution is 7.09. The average Bonchev–Trinajstić information content (AvgIpc) is 3.25. The van der Waals surface area contributed by atoms with E-state index in [0.717, 1.165) is 57.3 Å². The molecule has 0 unspecified atom stereocenters. The molecule has 0 saturated carbocycles. The number of nitrogens with one attached hydrogen (secondary N) is 2. The molecule has 1 aliphatic heterocycles. The molecule has 0 bridgehead atoms. The van der Waals surface area contributed by atoms with Gasteiger partial charge in [0.05, 0.1) is 17.8 Å². The van der Waals surface area contributed by atoms with E-state index in [1.807, 2.05) is 19.2 Å². The number of hydrogen-bond donors (Lipinski definition) is 2. The molecule has 1 aliphatic rings. The zero-order valence-electron chi connectivity index (χ0n) is 18.5. The summed E-state index contributed by atoms with van der Waals surface area (Å²) in [5, 5.41) is 10.4. The third-order valence-electron chi connectivity index (χ3n) is 5.64. The van der Waals surface area contributed by atoms with Crippen LogP contribution in [0.2, 0.25) is 0 Å². The maximum absolute atomic E-state index is 5.21. The van der Waals surface area contributed by atoms with Crippen molar-refractivity contribution in [1.29, 1.82) is 0 Å². The van der Waals surface area contributed by atoms with Crippen molar-refractivity contribution >= 4 is 17.3 Å². The minimum atomic E-state index is 0.697. The number of likely N-dealkylation sites (tertiary alicyclic amines) is 1. The van der Waals surface area contributed by atoms with Crippen LogP contribution in [-0.4, -0.2) is 56.2 Å². The van der Waals surface area contributed by atoms with Gasteiger partial charge in [0, 0.05) is 32.1 Å². The van der Waals surface area contributed by atoms with Gasteiger partial charge in [-0.15, -0.1) is 11.3 Å². The molecule has 6 nitrogen and oxygen atoms in total. The fraction of sp³-hybridized carbons (Fsp3) is 0.565. The van der Waals surface area contributed by atoms with Gasteiger partial charge in [-0.3, -0.25) is 9.89 Å². The minimum absolute atomic E-state index is 0.697.